The maximum absolute atomic E-state index is 12.7. The number of hydrogen-bond donors (Lipinski definition) is 1. The average Bonchev–Trinajstić information content (AvgIpc) is 2.77. The second-order valence-electron chi connectivity index (χ2n) is 7.49. The Labute approximate surface area is 172 Å². The van der Waals surface area contributed by atoms with E-state index in [4.69, 9.17) is 0 Å². The predicted octanol–water partition coefficient (Wildman–Crippen LogP) is 4.28. The van der Waals surface area contributed by atoms with Crippen LogP contribution in [-0.4, -0.2) is 37.1 Å². The summed E-state index contributed by atoms with van der Waals surface area (Å²) in [6.07, 6.45) is 3.46. The Kier molecular flexibility index (Phi) is 5.47. The molecule has 1 aliphatic rings. The van der Waals surface area contributed by atoms with Crippen molar-refractivity contribution in [3.8, 4) is 0 Å². The highest BCUT2D eigenvalue weighted by atomic mass is 16.1. The zero-order valence-corrected chi connectivity index (χ0v) is 16.9. The third-order valence-corrected chi connectivity index (χ3v) is 5.52. The molecule has 1 saturated heterocycles. The van der Waals surface area contributed by atoms with Crippen LogP contribution in [0.15, 0.2) is 67.0 Å². The van der Waals surface area contributed by atoms with Crippen molar-refractivity contribution in [2.24, 2.45) is 0 Å². The fourth-order valence-corrected chi connectivity index (χ4v) is 3.61. The lowest BCUT2D eigenvalue weighted by Gasteiger charge is -2.37. The van der Waals surface area contributed by atoms with Crippen LogP contribution < -0.4 is 15.1 Å². The predicted molar refractivity (Wildman–Crippen MR) is 119 cm³/mol. The van der Waals surface area contributed by atoms with E-state index in [0.717, 1.165) is 43.1 Å². The molecule has 148 valence electrons. The zero-order valence-electron chi connectivity index (χ0n) is 16.9. The Bertz CT molecular complexity index is 995. The molecule has 4 rings (SSSR count). The molecule has 5 heteroatoms. The second kappa shape index (κ2) is 8.35. The number of hydrogen-bond acceptors (Lipinski definition) is 4. The minimum atomic E-state index is -0.134. The van der Waals surface area contributed by atoms with Gasteiger partial charge in [0.1, 0.15) is 0 Å². The average molecular weight is 386 g/mol. The molecule has 0 unspecified atom stereocenters. The van der Waals surface area contributed by atoms with Gasteiger partial charge >= 0.3 is 0 Å². The van der Waals surface area contributed by atoms with Gasteiger partial charge in [-0.3, -0.25) is 9.78 Å². The minimum absolute atomic E-state index is 0.134. The lowest BCUT2D eigenvalue weighted by Crippen LogP contribution is -2.46. The van der Waals surface area contributed by atoms with E-state index in [9.17, 15) is 4.79 Å². The maximum atomic E-state index is 12.7. The molecule has 2 heterocycles. The molecular formula is C24H26N4O. The first-order valence-electron chi connectivity index (χ1n) is 9.99. The molecule has 29 heavy (non-hydrogen) atoms. The highest BCUT2D eigenvalue weighted by molar-refractivity contribution is 6.04. The van der Waals surface area contributed by atoms with Crippen LogP contribution in [0.5, 0.6) is 0 Å². The van der Waals surface area contributed by atoms with Crippen molar-refractivity contribution in [3.63, 3.8) is 0 Å². The molecule has 1 aliphatic heterocycles. The van der Waals surface area contributed by atoms with Crippen LogP contribution in [0.3, 0.4) is 0 Å². The summed E-state index contributed by atoms with van der Waals surface area (Å²) in [4.78, 5) is 21.7. The summed E-state index contributed by atoms with van der Waals surface area (Å²) in [7, 11) is 0. The summed E-state index contributed by atoms with van der Waals surface area (Å²) in [6.45, 7) is 7.80. The molecule has 3 aromatic rings. The van der Waals surface area contributed by atoms with E-state index < -0.39 is 0 Å². The lowest BCUT2D eigenvalue weighted by atomic mass is 10.1. The lowest BCUT2D eigenvalue weighted by molar-refractivity contribution is 0.102. The molecule has 1 amide bonds. The van der Waals surface area contributed by atoms with Crippen LogP contribution in [0.1, 0.15) is 21.5 Å². The van der Waals surface area contributed by atoms with E-state index in [1.165, 1.54) is 11.3 Å². The number of piperazine rings is 1. The number of benzene rings is 2. The van der Waals surface area contributed by atoms with Gasteiger partial charge in [-0.1, -0.05) is 24.3 Å². The Hall–Kier alpha value is -3.34. The van der Waals surface area contributed by atoms with Gasteiger partial charge < -0.3 is 15.1 Å². The fourth-order valence-electron chi connectivity index (χ4n) is 3.61. The first-order chi connectivity index (χ1) is 14.1. The smallest absolute Gasteiger partial charge is 0.257 e. The van der Waals surface area contributed by atoms with Crippen LogP contribution in [0.25, 0.3) is 0 Å². The number of para-hydroxylation sites is 1. The molecule has 1 aromatic heterocycles. The number of rotatable bonds is 4. The Morgan fingerprint density at radius 1 is 0.828 bits per heavy atom. The van der Waals surface area contributed by atoms with E-state index in [1.54, 1.807) is 6.20 Å². The molecule has 0 spiro atoms. The van der Waals surface area contributed by atoms with E-state index >= 15 is 0 Å². The monoisotopic (exact) mass is 386 g/mol. The molecule has 0 atom stereocenters. The highest BCUT2D eigenvalue weighted by Crippen LogP contribution is 2.21. The molecule has 0 radical (unpaired) electrons. The number of aryl methyl sites for hydroxylation is 2. The van der Waals surface area contributed by atoms with Crippen LogP contribution in [0, 0.1) is 13.8 Å². The summed E-state index contributed by atoms with van der Waals surface area (Å²) in [5.41, 5.74) is 6.00. The second-order valence-corrected chi connectivity index (χ2v) is 7.49. The van der Waals surface area contributed by atoms with Gasteiger partial charge in [-0.15, -0.1) is 0 Å². The minimum Gasteiger partial charge on any atom is -0.368 e. The number of anilines is 3. The molecule has 0 saturated carbocycles. The summed E-state index contributed by atoms with van der Waals surface area (Å²) in [5, 5.41) is 2.98. The first-order valence-corrected chi connectivity index (χ1v) is 9.99. The van der Waals surface area contributed by atoms with Gasteiger partial charge in [0.2, 0.25) is 0 Å². The van der Waals surface area contributed by atoms with Gasteiger partial charge in [-0.2, -0.15) is 0 Å². The van der Waals surface area contributed by atoms with Gasteiger partial charge in [0.25, 0.3) is 5.91 Å². The van der Waals surface area contributed by atoms with Gasteiger partial charge in [0.15, 0.2) is 0 Å². The van der Waals surface area contributed by atoms with Crippen molar-refractivity contribution in [3.05, 3.63) is 83.7 Å². The summed E-state index contributed by atoms with van der Waals surface area (Å²) < 4.78 is 0. The molecule has 1 N–H and O–H groups in total. The fraction of sp³-hybridized carbons (Fsp3) is 0.250. The van der Waals surface area contributed by atoms with Crippen molar-refractivity contribution < 1.29 is 4.79 Å². The SMILES string of the molecule is Cc1ccc(NC(=O)c2cncc(N3CCN(c4ccccc4)CC3)c2)cc1C. The number of carbonyl (C=O) groups is 1. The molecular weight excluding hydrogens is 360 g/mol. The molecule has 1 fully saturated rings. The summed E-state index contributed by atoms with van der Waals surface area (Å²) >= 11 is 0. The molecule has 5 nitrogen and oxygen atoms in total. The van der Waals surface area contributed by atoms with Crippen LogP contribution in [0.4, 0.5) is 17.1 Å². The van der Waals surface area contributed by atoms with Crippen LogP contribution in [0.2, 0.25) is 0 Å². The normalized spacial score (nSPS) is 14.0. The Morgan fingerprint density at radius 2 is 1.52 bits per heavy atom. The number of nitrogens with zero attached hydrogens (tertiary/aromatic N) is 3. The van der Waals surface area contributed by atoms with Crippen molar-refractivity contribution in [1.82, 2.24) is 4.98 Å². The van der Waals surface area contributed by atoms with Crippen molar-refractivity contribution in [1.29, 1.82) is 0 Å². The third kappa shape index (κ3) is 4.40. The van der Waals surface area contributed by atoms with Gasteiger partial charge in [-0.25, -0.2) is 0 Å². The first kappa shape index (κ1) is 19.0. The van der Waals surface area contributed by atoms with Crippen LogP contribution >= 0.6 is 0 Å². The van der Waals surface area contributed by atoms with Gasteiger partial charge in [0, 0.05) is 43.8 Å². The molecule has 0 bridgehead atoms. The topological polar surface area (TPSA) is 48.5 Å². The Balaban J connectivity index is 1.42. The van der Waals surface area contributed by atoms with Crippen LogP contribution in [-0.2, 0) is 0 Å². The van der Waals surface area contributed by atoms with E-state index in [1.807, 2.05) is 43.5 Å². The van der Waals surface area contributed by atoms with E-state index in [-0.39, 0.29) is 5.91 Å². The third-order valence-electron chi connectivity index (χ3n) is 5.52. The summed E-state index contributed by atoms with van der Waals surface area (Å²) in [5.74, 6) is -0.134. The number of aromatic nitrogens is 1. The van der Waals surface area contributed by atoms with Gasteiger partial charge in [-0.05, 0) is 55.3 Å². The zero-order chi connectivity index (χ0) is 20.2. The molecule has 2 aromatic carbocycles. The number of amides is 1. The van der Waals surface area contributed by atoms with Crippen molar-refractivity contribution in [2.75, 3.05) is 41.3 Å². The maximum Gasteiger partial charge on any atom is 0.257 e. The van der Waals surface area contributed by atoms with E-state index in [0.29, 0.717) is 5.56 Å². The number of carbonyl (C=O) groups excluding carboxylic acids is 1. The summed E-state index contributed by atoms with van der Waals surface area (Å²) in [6, 6.07) is 18.4. The Morgan fingerprint density at radius 3 is 2.21 bits per heavy atom. The number of pyridine rings is 1. The highest BCUT2D eigenvalue weighted by Gasteiger charge is 2.19. The van der Waals surface area contributed by atoms with E-state index in [2.05, 4.69) is 51.3 Å². The largest absolute Gasteiger partial charge is 0.368 e. The molecule has 0 aliphatic carbocycles. The van der Waals surface area contributed by atoms with Crippen molar-refractivity contribution >= 4 is 23.0 Å². The standard InChI is InChI=1S/C24H26N4O/c1-18-8-9-21(14-19(18)2)26-24(29)20-15-23(17-25-16-20)28-12-10-27(11-13-28)22-6-4-3-5-7-22/h3-9,14-17H,10-13H2,1-2H3,(H,26,29). The van der Waals surface area contributed by atoms with Crippen molar-refractivity contribution in [2.45, 2.75) is 13.8 Å². The number of nitrogens with one attached hydrogen (secondary N) is 1. The quantitative estimate of drug-likeness (QED) is 0.727. The van der Waals surface area contributed by atoms with Gasteiger partial charge in [0.05, 0.1) is 17.4 Å².